The number of ether oxygens (including phenoxy) is 1. The van der Waals surface area contributed by atoms with E-state index in [2.05, 4.69) is 12.2 Å². The summed E-state index contributed by atoms with van der Waals surface area (Å²) in [6.45, 7) is 2.21. The zero-order valence-electron chi connectivity index (χ0n) is 12.7. The van der Waals surface area contributed by atoms with Crippen molar-refractivity contribution in [2.75, 3.05) is 12.4 Å². The van der Waals surface area contributed by atoms with Crippen LogP contribution in [0.1, 0.15) is 30.8 Å². The minimum atomic E-state index is -0.220. The molecular weight excluding hydrogens is 278 g/mol. The van der Waals surface area contributed by atoms with Crippen LogP contribution in [0.25, 0.3) is 6.08 Å². The van der Waals surface area contributed by atoms with E-state index in [0.717, 1.165) is 5.76 Å². The highest BCUT2D eigenvalue weighted by Crippen LogP contribution is 2.47. The quantitative estimate of drug-likeness (QED) is 0.847. The molecule has 1 aromatic carbocycles. The molecule has 3 rings (SSSR count). The van der Waals surface area contributed by atoms with Crippen molar-refractivity contribution in [1.29, 1.82) is 0 Å². The van der Waals surface area contributed by atoms with Gasteiger partial charge in [0.1, 0.15) is 17.3 Å². The van der Waals surface area contributed by atoms with E-state index in [4.69, 9.17) is 9.15 Å². The summed E-state index contributed by atoms with van der Waals surface area (Å²) in [7, 11) is 1.57. The third-order valence-electron chi connectivity index (χ3n) is 3.89. The van der Waals surface area contributed by atoms with E-state index in [0.29, 0.717) is 29.0 Å². The Morgan fingerprint density at radius 1 is 1.32 bits per heavy atom. The third kappa shape index (κ3) is 3.22. The van der Waals surface area contributed by atoms with Gasteiger partial charge in [-0.1, -0.05) is 19.1 Å². The smallest absolute Gasteiger partial charge is 0.248 e. The fraction of sp³-hybridized carbons (Fsp3) is 0.278. The summed E-state index contributed by atoms with van der Waals surface area (Å²) in [5.74, 6) is 3.37. The number of hydrogen-bond acceptors (Lipinski definition) is 3. The monoisotopic (exact) mass is 297 g/mol. The van der Waals surface area contributed by atoms with Gasteiger partial charge in [0.15, 0.2) is 0 Å². The normalized spacial score (nSPS) is 20.1. The van der Waals surface area contributed by atoms with Crippen LogP contribution < -0.4 is 10.1 Å². The first-order valence-electron chi connectivity index (χ1n) is 7.39. The molecule has 4 nitrogen and oxygen atoms in total. The van der Waals surface area contributed by atoms with Crippen LogP contribution in [0.15, 0.2) is 46.9 Å². The second kappa shape index (κ2) is 6.10. The van der Waals surface area contributed by atoms with Crippen molar-refractivity contribution in [1.82, 2.24) is 0 Å². The first-order chi connectivity index (χ1) is 10.7. The number of carbonyl (C=O) groups is 1. The van der Waals surface area contributed by atoms with Crippen molar-refractivity contribution in [2.45, 2.75) is 19.3 Å². The van der Waals surface area contributed by atoms with E-state index in [1.807, 2.05) is 24.3 Å². The SMILES string of the molecule is COc1ccccc1NC(=O)/C=C/c1ccc(C2CC2C)o1. The highest BCUT2D eigenvalue weighted by molar-refractivity contribution is 6.02. The molecule has 114 valence electrons. The third-order valence-corrected chi connectivity index (χ3v) is 3.89. The highest BCUT2D eigenvalue weighted by Gasteiger charge is 2.36. The average Bonchev–Trinajstić information content (AvgIpc) is 3.07. The van der Waals surface area contributed by atoms with E-state index < -0.39 is 0 Å². The van der Waals surface area contributed by atoms with Crippen molar-refractivity contribution < 1.29 is 13.9 Å². The number of para-hydroxylation sites is 2. The zero-order chi connectivity index (χ0) is 15.5. The van der Waals surface area contributed by atoms with Gasteiger partial charge in [0.25, 0.3) is 0 Å². The van der Waals surface area contributed by atoms with Gasteiger partial charge in [-0.05, 0) is 42.7 Å². The van der Waals surface area contributed by atoms with Crippen molar-refractivity contribution in [3.63, 3.8) is 0 Å². The number of furan rings is 1. The van der Waals surface area contributed by atoms with Gasteiger partial charge < -0.3 is 14.5 Å². The molecule has 1 aromatic heterocycles. The van der Waals surface area contributed by atoms with E-state index >= 15 is 0 Å². The molecule has 0 spiro atoms. The second-order valence-electron chi connectivity index (χ2n) is 5.58. The van der Waals surface area contributed by atoms with Gasteiger partial charge in [-0.15, -0.1) is 0 Å². The minimum Gasteiger partial charge on any atom is -0.495 e. The Balaban J connectivity index is 1.62. The lowest BCUT2D eigenvalue weighted by atomic mass is 10.2. The van der Waals surface area contributed by atoms with Crippen LogP contribution in [0.2, 0.25) is 0 Å². The molecule has 0 radical (unpaired) electrons. The number of carbonyl (C=O) groups excluding carboxylic acids is 1. The van der Waals surface area contributed by atoms with Crippen molar-refractivity contribution in [3.05, 3.63) is 54.0 Å². The lowest BCUT2D eigenvalue weighted by molar-refractivity contribution is -0.111. The number of anilines is 1. The summed E-state index contributed by atoms with van der Waals surface area (Å²) < 4.78 is 10.9. The molecule has 1 N–H and O–H groups in total. The summed E-state index contributed by atoms with van der Waals surface area (Å²) in [5, 5.41) is 2.79. The molecule has 0 aliphatic heterocycles. The largest absolute Gasteiger partial charge is 0.495 e. The van der Waals surface area contributed by atoms with Crippen LogP contribution in [0.3, 0.4) is 0 Å². The minimum absolute atomic E-state index is 0.220. The Kier molecular flexibility index (Phi) is 4.00. The van der Waals surface area contributed by atoms with Crippen LogP contribution in [0.5, 0.6) is 5.75 Å². The van der Waals surface area contributed by atoms with Gasteiger partial charge in [-0.25, -0.2) is 0 Å². The molecule has 22 heavy (non-hydrogen) atoms. The molecule has 2 unspecified atom stereocenters. The molecule has 4 heteroatoms. The maximum atomic E-state index is 12.0. The molecular formula is C18H19NO3. The summed E-state index contributed by atoms with van der Waals surface area (Å²) in [6.07, 6.45) is 4.33. The van der Waals surface area contributed by atoms with E-state index in [-0.39, 0.29) is 5.91 Å². The molecule has 2 aromatic rings. The van der Waals surface area contributed by atoms with Gasteiger partial charge in [-0.2, -0.15) is 0 Å². The van der Waals surface area contributed by atoms with Crippen LogP contribution in [0, 0.1) is 5.92 Å². The molecule has 0 saturated heterocycles. The Bertz CT molecular complexity index is 702. The number of amides is 1. The van der Waals surface area contributed by atoms with E-state index in [9.17, 15) is 4.79 Å². The molecule has 1 aliphatic carbocycles. The lowest BCUT2D eigenvalue weighted by Gasteiger charge is -2.07. The summed E-state index contributed by atoms with van der Waals surface area (Å²) in [4.78, 5) is 12.0. The molecule has 2 atom stereocenters. The number of methoxy groups -OCH3 is 1. The Labute approximate surface area is 129 Å². The van der Waals surface area contributed by atoms with Crippen molar-refractivity contribution in [2.24, 2.45) is 5.92 Å². The predicted molar refractivity (Wildman–Crippen MR) is 85.9 cm³/mol. The van der Waals surface area contributed by atoms with Crippen LogP contribution in [-0.4, -0.2) is 13.0 Å². The van der Waals surface area contributed by atoms with E-state index in [1.165, 1.54) is 12.5 Å². The lowest BCUT2D eigenvalue weighted by Crippen LogP contribution is -2.08. The maximum absolute atomic E-state index is 12.0. The van der Waals surface area contributed by atoms with Gasteiger partial charge in [0, 0.05) is 12.0 Å². The van der Waals surface area contributed by atoms with Gasteiger partial charge in [0.2, 0.25) is 5.91 Å². The zero-order valence-corrected chi connectivity index (χ0v) is 12.7. The van der Waals surface area contributed by atoms with Gasteiger partial charge in [-0.3, -0.25) is 4.79 Å². The molecule has 0 bridgehead atoms. The summed E-state index contributed by atoms with van der Waals surface area (Å²) >= 11 is 0. The molecule has 1 amide bonds. The highest BCUT2D eigenvalue weighted by atomic mass is 16.5. The van der Waals surface area contributed by atoms with Gasteiger partial charge >= 0.3 is 0 Å². The van der Waals surface area contributed by atoms with Crippen LogP contribution in [0.4, 0.5) is 5.69 Å². The first-order valence-corrected chi connectivity index (χ1v) is 7.39. The summed E-state index contributed by atoms with van der Waals surface area (Å²) in [6, 6.07) is 11.2. The average molecular weight is 297 g/mol. The van der Waals surface area contributed by atoms with Crippen molar-refractivity contribution in [3.8, 4) is 5.75 Å². The first kappa shape index (κ1) is 14.4. The van der Waals surface area contributed by atoms with Crippen LogP contribution in [-0.2, 0) is 4.79 Å². The van der Waals surface area contributed by atoms with Gasteiger partial charge in [0.05, 0.1) is 12.8 Å². The molecule has 1 heterocycles. The number of benzene rings is 1. The Hall–Kier alpha value is -2.49. The topological polar surface area (TPSA) is 51.5 Å². The maximum Gasteiger partial charge on any atom is 0.248 e. The number of rotatable bonds is 5. The Morgan fingerprint density at radius 3 is 2.82 bits per heavy atom. The fourth-order valence-electron chi connectivity index (χ4n) is 2.46. The second-order valence-corrected chi connectivity index (χ2v) is 5.58. The standard InChI is InChI=1S/C18H19NO3/c1-12-11-14(12)16-9-7-13(22-16)8-10-18(20)19-15-5-3-4-6-17(15)21-2/h3-10,12,14H,11H2,1-2H3,(H,19,20)/b10-8+. The Morgan fingerprint density at radius 2 is 2.09 bits per heavy atom. The predicted octanol–water partition coefficient (Wildman–Crippen LogP) is 4.06. The number of hydrogen-bond donors (Lipinski definition) is 1. The van der Waals surface area contributed by atoms with Crippen LogP contribution >= 0.6 is 0 Å². The number of nitrogens with one attached hydrogen (secondary N) is 1. The summed E-state index contributed by atoms with van der Waals surface area (Å²) in [5.41, 5.74) is 0.645. The molecule has 1 saturated carbocycles. The molecule has 1 aliphatic rings. The fourth-order valence-corrected chi connectivity index (χ4v) is 2.46. The van der Waals surface area contributed by atoms with E-state index in [1.54, 1.807) is 25.3 Å². The molecule has 1 fully saturated rings. The van der Waals surface area contributed by atoms with Crippen molar-refractivity contribution >= 4 is 17.7 Å².